The highest BCUT2D eigenvalue weighted by molar-refractivity contribution is 5.92. The molecule has 0 aliphatic carbocycles. The molecule has 0 spiro atoms. The first kappa shape index (κ1) is 15.0. The molecule has 6 heteroatoms. The fraction of sp³-hybridized carbons (Fsp3) is 0.786. The highest BCUT2D eigenvalue weighted by Gasteiger charge is 2.19. The summed E-state index contributed by atoms with van der Waals surface area (Å²) in [6.07, 6.45) is 6.88. The van der Waals surface area contributed by atoms with Gasteiger partial charge in [-0.1, -0.05) is 25.5 Å². The summed E-state index contributed by atoms with van der Waals surface area (Å²) in [6, 6.07) is 0.597. The van der Waals surface area contributed by atoms with Crippen molar-refractivity contribution in [3.05, 3.63) is 11.9 Å². The van der Waals surface area contributed by atoms with E-state index >= 15 is 0 Å². The number of aromatic nitrogens is 3. The fourth-order valence-corrected chi connectivity index (χ4v) is 2.62. The number of hydrogen-bond acceptors (Lipinski definition) is 4. The van der Waals surface area contributed by atoms with Gasteiger partial charge >= 0.3 is 0 Å². The molecule has 0 aromatic carbocycles. The number of piperidine rings is 1. The Morgan fingerprint density at radius 2 is 2.25 bits per heavy atom. The molecule has 1 unspecified atom stereocenters. The van der Waals surface area contributed by atoms with E-state index in [0.29, 0.717) is 11.7 Å². The van der Waals surface area contributed by atoms with Crippen molar-refractivity contribution in [3.8, 4) is 0 Å². The molecule has 2 N–H and O–H groups in total. The van der Waals surface area contributed by atoms with Crippen molar-refractivity contribution < 1.29 is 4.79 Å². The Morgan fingerprint density at radius 3 is 2.90 bits per heavy atom. The van der Waals surface area contributed by atoms with Gasteiger partial charge in [0.2, 0.25) is 0 Å². The SMILES string of the molecule is CCCC(CC)NC(=O)c1cn(C2CCNCC2)nn1. The molecule has 1 aliphatic rings. The Morgan fingerprint density at radius 1 is 1.50 bits per heavy atom. The molecule has 20 heavy (non-hydrogen) atoms. The minimum Gasteiger partial charge on any atom is -0.348 e. The van der Waals surface area contributed by atoms with Crippen molar-refractivity contribution >= 4 is 5.91 Å². The molecule has 1 amide bonds. The van der Waals surface area contributed by atoms with Gasteiger partial charge in [0.25, 0.3) is 5.91 Å². The van der Waals surface area contributed by atoms with Gasteiger partial charge in [-0.25, -0.2) is 4.68 Å². The van der Waals surface area contributed by atoms with Crippen molar-refractivity contribution in [1.82, 2.24) is 25.6 Å². The molecule has 2 heterocycles. The molecular formula is C14H25N5O. The standard InChI is InChI=1S/C14H25N5O/c1-3-5-11(4-2)16-14(20)13-10-19(18-17-13)12-6-8-15-9-7-12/h10-12,15H,3-9H2,1-2H3,(H,16,20). The maximum Gasteiger partial charge on any atom is 0.273 e. The van der Waals surface area contributed by atoms with E-state index in [1.54, 1.807) is 6.20 Å². The summed E-state index contributed by atoms with van der Waals surface area (Å²) >= 11 is 0. The van der Waals surface area contributed by atoms with Crippen molar-refractivity contribution in [1.29, 1.82) is 0 Å². The van der Waals surface area contributed by atoms with Gasteiger partial charge in [0.15, 0.2) is 5.69 Å². The van der Waals surface area contributed by atoms with Gasteiger partial charge in [0.05, 0.1) is 12.2 Å². The summed E-state index contributed by atoms with van der Waals surface area (Å²) in [5, 5.41) is 14.5. The Balaban J connectivity index is 1.95. The number of carbonyl (C=O) groups is 1. The van der Waals surface area contributed by atoms with Crippen molar-refractivity contribution in [2.24, 2.45) is 0 Å². The van der Waals surface area contributed by atoms with Crippen molar-refractivity contribution in [3.63, 3.8) is 0 Å². The number of nitrogens with one attached hydrogen (secondary N) is 2. The van der Waals surface area contributed by atoms with Crippen LogP contribution in [0.1, 0.15) is 62.5 Å². The lowest BCUT2D eigenvalue weighted by molar-refractivity contribution is 0.0928. The second-order valence-electron chi connectivity index (χ2n) is 5.43. The van der Waals surface area contributed by atoms with Crippen LogP contribution < -0.4 is 10.6 Å². The highest BCUT2D eigenvalue weighted by Crippen LogP contribution is 2.17. The summed E-state index contributed by atoms with van der Waals surface area (Å²) in [7, 11) is 0. The van der Waals surface area contributed by atoms with Crippen LogP contribution in [-0.4, -0.2) is 40.0 Å². The van der Waals surface area contributed by atoms with E-state index in [2.05, 4.69) is 34.8 Å². The number of nitrogens with zero attached hydrogens (tertiary/aromatic N) is 3. The molecule has 1 aromatic heterocycles. The summed E-state index contributed by atoms with van der Waals surface area (Å²) in [4.78, 5) is 12.1. The first-order chi connectivity index (χ1) is 9.74. The van der Waals surface area contributed by atoms with E-state index in [0.717, 1.165) is 45.2 Å². The minimum atomic E-state index is -0.106. The average Bonchev–Trinajstić information content (AvgIpc) is 2.97. The second-order valence-corrected chi connectivity index (χ2v) is 5.43. The Bertz CT molecular complexity index is 425. The van der Waals surface area contributed by atoms with Crippen LogP contribution in [0.4, 0.5) is 0 Å². The smallest absolute Gasteiger partial charge is 0.273 e. The highest BCUT2D eigenvalue weighted by atomic mass is 16.2. The first-order valence-electron chi connectivity index (χ1n) is 7.68. The van der Waals surface area contributed by atoms with Gasteiger partial charge in [-0.15, -0.1) is 5.10 Å². The molecule has 1 atom stereocenters. The topological polar surface area (TPSA) is 71.8 Å². The summed E-state index contributed by atoms with van der Waals surface area (Å²) in [5.74, 6) is -0.106. The number of hydrogen-bond donors (Lipinski definition) is 2. The Kier molecular flexibility index (Phi) is 5.52. The van der Waals surface area contributed by atoms with Crippen LogP contribution >= 0.6 is 0 Å². The first-order valence-corrected chi connectivity index (χ1v) is 7.68. The lowest BCUT2D eigenvalue weighted by Crippen LogP contribution is -2.34. The van der Waals surface area contributed by atoms with Crippen molar-refractivity contribution in [2.45, 2.75) is 58.0 Å². The molecule has 1 aromatic rings. The van der Waals surface area contributed by atoms with E-state index in [4.69, 9.17) is 0 Å². The van der Waals surface area contributed by atoms with Crippen LogP contribution in [0, 0.1) is 0 Å². The minimum absolute atomic E-state index is 0.106. The maximum absolute atomic E-state index is 12.1. The van der Waals surface area contributed by atoms with Crippen LogP contribution in [-0.2, 0) is 0 Å². The van der Waals surface area contributed by atoms with E-state index in [9.17, 15) is 4.79 Å². The quantitative estimate of drug-likeness (QED) is 0.828. The molecule has 0 bridgehead atoms. The molecular weight excluding hydrogens is 254 g/mol. The zero-order chi connectivity index (χ0) is 14.4. The van der Waals surface area contributed by atoms with Gasteiger partial charge in [-0.3, -0.25) is 4.79 Å². The molecule has 112 valence electrons. The Hall–Kier alpha value is -1.43. The lowest BCUT2D eigenvalue weighted by Gasteiger charge is -2.22. The molecule has 1 fully saturated rings. The van der Waals surface area contributed by atoms with E-state index in [1.807, 2.05) is 4.68 Å². The summed E-state index contributed by atoms with van der Waals surface area (Å²) < 4.78 is 1.84. The lowest BCUT2D eigenvalue weighted by atomic mass is 10.1. The zero-order valence-electron chi connectivity index (χ0n) is 12.4. The van der Waals surface area contributed by atoms with E-state index in [1.165, 1.54) is 0 Å². The van der Waals surface area contributed by atoms with Crippen molar-refractivity contribution in [2.75, 3.05) is 13.1 Å². The van der Waals surface area contributed by atoms with Crippen LogP contribution in [0.3, 0.4) is 0 Å². The predicted molar refractivity (Wildman–Crippen MR) is 77.6 cm³/mol. The summed E-state index contributed by atoms with van der Waals surface area (Å²) in [6.45, 7) is 6.22. The number of amides is 1. The molecule has 1 aliphatic heterocycles. The van der Waals surface area contributed by atoms with Gasteiger partial charge < -0.3 is 10.6 Å². The Labute approximate surface area is 120 Å². The second kappa shape index (κ2) is 7.38. The average molecular weight is 279 g/mol. The van der Waals surface area contributed by atoms with Crippen LogP contribution in [0.2, 0.25) is 0 Å². The molecule has 0 radical (unpaired) electrons. The molecule has 0 saturated carbocycles. The van der Waals surface area contributed by atoms with Crippen LogP contribution in [0.5, 0.6) is 0 Å². The number of carbonyl (C=O) groups excluding carboxylic acids is 1. The summed E-state index contributed by atoms with van der Waals surface area (Å²) in [5.41, 5.74) is 0.429. The molecule has 2 rings (SSSR count). The third-order valence-corrected chi connectivity index (χ3v) is 3.89. The zero-order valence-corrected chi connectivity index (χ0v) is 12.4. The van der Waals surface area contributed by atoms with E-state index < -0.39 is 0 Å². The number of rotatable bonds is 6. The van der Waals surface area contributed by atoms with E-state index in [-0.39, 0.29) is 11.9 Å². The monoisotopic (exact) mass is 279 g/mol. The largest absolute Gasteiger partial charge is 0.348 e. The maximum atomic E-state index is 12.1. The fourth-order valence-electron chi connectivity index (χ4n) is 2.62. The van der Waals surface area contributed by atoms with Gasteiger partial charge in [0.1, 0.15) is 0 Å². The molecule has 6 nitrogen and oxygen atoms in total. The van der Waals surface area contributed by atoms with Crippen LogP contribution in [0.15, 0.2) is 6.20 Å². The third kappa shape index (κ3) is 3.79. The van der Waals surface area contributed by atoms with Gasteiger partial charge in [-0.2, -0.15) is 0 Å². The van der Waals surface area contributed by atoms with Crippen LogP contribution in [0.25, 0.3) is 0 Å². The van der Waals surface area contributed by atoms with Gasteiger partial charge in [-0.05, 0) is 38.8 Å². The normalized spacial score (nSPS) is 17.9. The molecule has 1 saturated heterocycles. The van der Waals surface area contributed by atoms with Gasteiger partial charge in [0, 0.05) is 6.04 Å². The third-order valence-electron chi connectivity index (χ3n) is 3.89. The predicted octanol–water partition coefficient (Wildman–Crippen LogP) is 1.51.